The molecule has 8 heteroatoms. The third-order valence-corrected chi connectivity index (χ3v) is 7.90. The van der Waals surface area contributed by atoms with Crippen molar-refractivity contribution in [3.05, 3.63) is 112 Å². The second kappa shape index (κ2) is 10.7. The van der Waals surface area contributed by atoms with Crippen molar-refractivity contribution in [3.8, 4) is 23.2 Å². The Morgan fingerprint density at radius 2 is 1.88 bits per heavy atom. The molecule has 0 radical (unpaired) electrons. The minimum Gasteiger partial charge on any atom is -0.478 e. The highest BCUT2D eigenvalue weighted by Gasteiger charge is 2.38. The van der Waals surface area contributed by atoms with Gasteiger partial charge in [-0.2, -0.15) is 5.26 Å². The number of imidazole rings is 1. The van der Waals surface area contributed by atoms with Crippen LogP contribution in [0.4, 0.5) is 4.39 Å². The normalized spacial score (nSPS) is 13.6. The minimum atomic E-state index is -0.975. The number of nitrogens with zero attached hydrogens (tertiary/aromatic N) is 4. The molecule has 5 aromatic rings. The Morgan fingerprint density at radius 1 is 1.07 bits per heavy atom. The van der Waals surface area contributed by atoms with Crippen LogP contribution in [-0.2, 0) is 19.6 Å². The molecule has 0 spiro atoms. The number of pyridine rings is 1. The Labute approximate surface area is 242 Å². The first kappa shape index (κ1) is 27.2. The van der Waals surface area contributed by atoms with Crippen molar-refractivity contribution in [1.82, 2.24) is 14.5 Å². The topological polar surface area (TPSA) is 101 Å². The van der Waals surface area contributed by atoms with Crippen molar-refractivity contribution in [1.29, 1.82) is 5.26 Å². The van der Waals surface area contributed by atoms with E-state index in [1.807, 2.05) is 37.3 Å². The lowest BCUT2D eigenvalue weighted by Crippen LogP contribution is -2.12. The van der Waals surface area contributed by atoms with Gasteiger partial charge in [0.15, 0.2) is 0 Å². The van der Waals surface area contributed by atoms with Crippen LogP contribution in [0.5, 0.6) is 5.88 Å². The monoisotopic (exact) mass is 560 g/mol. The molecular weight excluding hydrogens is 531 g/mol. The summed E-state index contributed by atoms with van der Waals surface area (Å²) in [6.45, 7) is 4.85. The summed E-state index contributed by atoms with van der Waals surface area (Å²) in [6, 6.07) is 23.3. The summed E-state index contributed by atoms with van der Waals surface area (Å²) in [4.78, 5) is 21.1. The van der Waals surface area contributed by atoms with Crippen LogP contribution >= 0.6 is 0 Å². The Kier molecular flexibility index (Phi) is 6.95. The molecule has 1 fully saturated rings. The van der Waals surface area contributed by atoms with E-state index < -0.39 is 5.97 Å². The SMILES string of the molecule is Cc1ccc(COc2cccc(-c3ccc(Cc4nc5ccc(C(=O)O)cc5n4CC4(C)CC4)c(C#N)c3)n2)c(F)c1. The number of hydrogen-bond donors (Lipinski definition) is 1. The van der Waals surface area contributed by atoms with E-state index in [-0.39, 0.29) is 23.4 Å². The Morgan fingerprint density at radius 3 is 2.62 bits per heavy atom. The Bertz CT molecular complexity index is 1880. The summed E-state index contributed by atoms with van der Waals surface area (Å²) in [6.07, 6.45) is 2.65. The quantitative estimate of drug-likeness (QED) is 0.207. The molecule has 210 valence electrons. The Hall–Kier alpha value is -5.03. The fraction of sp³-hybridized carbons (Fsp3) is 0.235. The van der Waals surface area contributed by atoms with Crippen molar-refractivity contribution in [3.63, 3.8) is 0 Å². The number of halogens is 1. The van der Waals surface area contributed by atoms with Crippen molar-refractivity contribution in [2.24, 2.45) is 5.41 Å². The number of benzene rings is 3. The standard InChI is InChI=1S/C34H29FN4O3/c1-21-6-7-25(27(35)14-21)19-42-32-5-3-4-28(38-32)23-9-8-22(26(15-23)18-36)17-31-37-29-11-10-24(33(40)41)16-30(29)39(31)20-34(2)12-13-34/h3-11,14-16H,12-13,17,19-20H2,1-2H3,(H,40,41). The lowest BCUT2D eigenvalue weighted by molar-refractivity contribution is 0.0697. The second-order valence-electron chi connectivity index (χ2n) is 11.3. The fourth-order valence-corrected chi connectivity index (χ4v) is 5.11. The first-order valence-electron chi connectivity index (χ1n) is 13.8. The van der Waals surface area contributed by atoms with Crippen LogP contribution in [0.15, 0.2) is 72.8 Å². The van der Waals surface area contributed by atoms with Crippen molar-refractivity contribution < 1.29 is 19.0 Å². The number of carboxylic acids is 1. The Balaban J connectivity index is 1.27. The number of hydrogen-bond acceptors (Lipinski definition) is 5. The molecule has 1 aliphatic rings. The molecule has 42 heavy (non-hydrogen) atoms. The largest absolute Gasteiger partial charge is 0.478 e. The maximum Gasteiger partial charge on any atom is 0.335 e. The van der Waals surface area contributed by atoms with Crippen LogP contribution in [0.2, 0.25) is 0 Å². The highest BCUT2D eigenvalue weighted by molar-refractivity contribution is 5.92. The average molecular weight is 561 g/mol. The number of nitriles is 1. The van der Waals surface area contributed by atoms with Crippen LogP contribution in [0.1, 0.15) is 58.2 Å². The van der Waals surface area contributed by atoms with E-state index in [4.69, 9.17) is 9.72 Å². The molecule has 0 saturated heterocycles. The lowest BCUT2D eigenvalue weighted by atomic mass is 10.00. The second-order valence-corrected chi connectivity index (χ2v) is 11.3. The first-order chi connectivity index (χ1) is 20.2. The summed E-state index contributed by atoms with van der Waals surface area (Å²) >= 11 is 0. The average Bonchev–Trinajstić information content (AvgIpc) is 3.62. The number of aromatic nitrogens is 3. The first-order valence-corrected chi connectivity index (χ1v) is 13.8. The summed E-state index contributed by atoms with van der Waals surface area (Å²) in [5, 5.41) is 19.6. The number of aromatic carboxylic acids is 1. The lowest BCUT2D eigenvalue weighted by Gasteiger charge is -2.15. The molecule has 1 saturated carbocycles. The molecule has 3 aromatic carbocycles. The van der Waals surface area contributed by atoms with Crippen molar-refractivity contribution in [2.45, 2.75) is 46.3 Å². The van der Waals surface area contributed by atoms with Gasteiger partial charge in [0.2, 0.25) is 5.88 Å². The molecule has 2 heterocycles. The van der Waals surface area contributed by atoms with Gasteiger partial charge in [0.25, 0.3) is 0 Å². The van der Waals surface area contributed by atoms with E-state index in [1.165, 1.54) is 6.07 Å². The van der Waals surface area contributed by atoms with Gasteiger partial charge in [-0.15, -0.1) is 0 Å². The molecule has 1 N–H and O–H groups in total. The molecule has 0 atom stereocenters. The number of aryl methyl sites for hydroxylation is 1. The van der Waals surface area contributed by atoms with Crippen LogP contribution in [0.25, 0.3) is 22.3 Å². The van der Waals surface area contributed by atoms with Gasteiger partial charge in [0.1, 0.15) is 18.2 Å². The molecule has 7 nitrogen and oxygen atoms in total. The molecule has 1 aliphatic carbocycles. The van der Waals surface area contributed by atoms with Crippen molar-refractivity contribution >= 4 is 17.0 Å². The van der Waals surface area contributed by atoms with E-state index in [2.05, 4.69) is 22.5 Å². The highest BCUT2D eigenvalue weighted by Crippen LogP contribution is 2.47. The summed E-state index contributed by atoms with van der Waals surface area (Å²) in [5.41, 5.74) is 5.92. The third kappa shape index (κ3) is 5.59. The number of rotatable bonds is 9. The molecule has 0 bridgehead atoms. The van der Waals surface area contributed by atoms with E-state index in [0.29, 0.717) is 29.1 Å². The third-order valence-electron chi connectivity index (χ3n) is 7.90. The van der Waals surface area contributed by atoms with Gasteiger partial charge in [0.05, 0.1) is 33.9 Å². The number of fused-ring (bicyclic) bond motifs is 1. The van der Waals surface area contributed by atoms with Crippen LogP contribution in [0, 0.1) is 29.5 Å². The van der Waals surface area contributed by atoms with Gasteiger partial charge >= 0.3 is 5.97 Å². The van der Waals surface area contributed by atoms with Gasteiger partial charge < -0.3 is 14.4 Å². The van der Waals surface area contributed by atoms with Gasteiger partial charge in [0, 0.05) is 30.2 Å². The minimum absolute atomic E-state index is 0.0545. The van der Waals surface area contributed by atoms with E-state index in [9.17, 15) is 19.6 Å². The molecule has 0 aliphatic heterocycles. The maximum absolute atomic E-state index is 14.2. The van der Waals surface area contributed by atoms with Crippen molar-refractivity contribution in [2.75, 3.05) is 0 Å². The predicted octanol–water partition coefficient (Wildman–Crippen LogP) is 7.09. The molecule has 0 unspecified atom stereocenters. The van der Waals surface area contributed by atoms with Crippen LogP contribution in [-0.4, -0.2) is 25.6 Å². The zero-order valence-corrected chi connectivity index (χ0v) is 23.4. The number of carbonyl (C=O) groups is 1. The smallest absolute Gasteiger partial charge is 0.335 e. The molecule has 0 amide bonds. The van der Waals surface area contributed by atoms with Gasteiger partial charge in [-0.1, -0.05) is 37.3 Å². The summed E-state index contributed by atoms with van der Waals surface area (Å²) < 4.78 is 22.1. The summed E-state index contributed by atoms with van der Waals surface area (Å²) in [7, 11) is 0. The molecule has 6 rings (SSSR count). The van der Waals surface area contributed by atoms with Crippen LogP contribution < -0.4 is 4.74 Å². The zero-order chi connectivity index (χ0) is 29.4. The van der Waals surface area contributed by atoms with Gasteiger partial charge in [-0.05, 0) is 72.7 Å². The number of ether oxygens (including phenoxy) is 1. The van der Waals surface area contributed by atoms with Gasteiger partial charge in [-0.3, -0.25) is 0 Å². The van der Waals surface area contributed by atoms with E-state index >= 15 is 0 Å². The van der Waals surface area contributed by atoms with Crippen LogP contribution in [0.3, 0.4) is 0 Å². The maximum atomic E-state index is 14.2. The zero-order valence-electron chi connectivity index (χ0n) is 23.4. The summed E-state index contributed by atoms with van der Waals surface area (Å²) in [5.74, 6) is -0.140. The molecule has 2 aromatic heterocycles. The fourth-order valence-electron chi connectivity index (χ4n) is 5.11. The van der Waals surface area contributed by atoms with E-state index in [0.717, 1.165) is 52.9 Å². The molecular formula is C34H29FN4O3. The highest BCUT2D eigenvalue weighted by atomic mass is 19.1. The number of carboxylic acid groups (broad SMARTS) is 1. The van der Waals surface area contributed by atoms with E-state index in [1.54, 1.807) is 36.4 Å². The predicted molar refractivity (Wildman–Crippen MR) is 157 cm³/mol. The van der Waals surface area contributed by atoms with Gasteiger partial charge in [-0.25, -0.2) is 19.2 Å².